The van der Waals surface area contributed by atoms with Crippen molar-refractivity contribution < 1.29 is 9.59 Å². The van der Waals surface area contributed by atoms with Crippen molar-refractivity contribution in [1.29, 1.82) is 0 Å². The molecule has 5 rings (SSSR count). The van der Waals surface area contributed by atoms with E-state index >= 15 is 0 Å². The van der Waals surface area contributed by atoms with E-state index in [9.17, 15) is 9.59 Å². The van der Waals surface area contributed by atoms with E-state index < -0.39 is 0 Å². The zero-order valence-electron chi connectivity index (χ0n) is 20.8. The molecular weight excluding hydrogens is 434 g/mol. The maximum atomic E-state index is 13.8. The molecule has 2 amide bonds. The van der Waals surface area contributed by atoms with Crippen LogP contribution in [0.1, 0.15) is 40.7 Å². The maximum absolute atomic E-state index is 13.8. The Kier molecular flexibility index (Phi) is 5.93. The molecule has 2 aliphatic heterocycles. The van der Waals surface area contributed by atoms with Crippen LogP contribution in [0.2, 0.25) is 0 Å². The first-order valence-electron chi connectivity index (χ1n) is 12.2. The summed E-state index contributed by atoms with van der Waals surface area (Å²) >= 11 is 0. The van der Waals surface area contributed by atoms with Crippen LogP contribution in [0.4, 0.5) is 17.1 Å². The number of carbonyl (C=O) groups is 2. The lowest BCUT2D eigenvalue weighted by atomic mass is 9.97. The van der Waals surface area contributed by atoms with Crippen LogP contribution in [-0.2, 0) is 9.59 Å². The van der Waals surface area contributed by atoms with Gasteiger partial charge in [0.15, 0.2) is 0 Å². The molecule has 178 valence electrons. The molecule has 0 unspecified atom stereocenters. The molecule has 0 spiro atoms. The van der Waals surface area contributed by atoms with Crippen LogP contribution in [0.3, 0.4) is 0 Å². The summed E-state index contributed by atoms with van der Waals surface area (Å²) in [6.45, 7) is 10.2. The Hall–Kier alpha value is -3.86. The number of imide groups is 1. The van der Waals surface area contributed by atoms with Crippen LogP contribution < -0.4 is 15.1 Å². The number of amides is 2. The molecule has 0 radical (unpaired) electrons. The Morgan fingerprint density at radius 2 is 1.37 bits per heavy atom. The fourth-order valence-corrected chi connectivity index (χ4v) is 4.96. The van der Waals surface area contributed by atoms with Crippen LogP contribution in [-0.4, -0.2) is 24.9 Å². The normalized spacial score (nSPS) is 16.0. The van der Waals surface area contributed by atoms with Crippen molar-refractivity contribution in [2.45, 2.75) is 40.5 Å². The number of aryl methyl sites for hydroxylation is 4. The Bertz CT molecular complexity index is 1350. The first kappa shape index (κ1) is 22.9. The summed E-state index contributed by atoms with van der Waals surface area (Å²) in [5, 5.41) is 3.30. The van der Waals surface area contributed by atoms with E-state index in [1.807, 2.05) is 76.2 Å². The van der Waals surface area contributed by atoms with Gasteiger partial charge in [-0.3, -0.25) is 9.59 Å². The van der Waals surface area contributed by atoms with Crippen molar-refractivity contribution >= 4 is 34.4 Å². The molecule has 0 saturated carbocycles. The molecule has 3 aromatic carbocycles. The third-order valence-corrected chi connectivity index (χ3v) is 7.09. The van der Waals surface area contributed by atoms with Crippen LogP contribution in [0.5, 0.6) is 0 Å². The highest BCUT2D eigenvalue weighted by Gasteiger charge is 2.40. The Morgan fingerprint density at radius 1 is 0.686 bits per heavy atom. The maximum Gasteiger partial charge on any atom is 0.282 e. The van der Waals surface area contributed by atoms with Crippen LogP contribution in [0, 0.1) is 27.7 Å². The van der Waals surface area contributed by atoms with E-state index in [2.05, 4.69) is 22.3 Å². The topological polar surface area (TPSA) is 52.7 Å². The van der Waals surface area contributed by atoms with Crippen LogP contribution in [0.25, 0.3) is 5.57 Å². The summed E-state index contributed by atoms with van der Waals surface area (Å²) in [6, 6.07) is 19.8. The smallest absolute Gasteiger partial charge is 0.282 e. The van der Waals surface area contributed by atoms with Crippen molar-refractivity contribution in [3.05, 3.63) is 94.2 Å². The molecule has 0 aliphatic carbocycles. The lowest BCUT2D eigenvalue weighted by molar-refractivity contribution is -0.120. The quantitative estimate of drug-likeness (QED) is 0.476. The van der Waals surface area contributed by atoms with Crippen molar-refractivity contribution in [3.63, 3.8) is 0 Å². The number of hydrogen-bond acceptors (Lipinski definition) is 4. The van der Waals surface area contributed by atoms with E-state index in [0.717, 1.165) is 46.6 Å². The van der Waals surface area contributed by atoms with E-state index in [1.54, 1.807) is 0 Å². The van der Waals surface area contributed by atoms with Crippen molar-refractivity contribution in [1.82, 2.24) is 0 Å². The van der Waals surface area contributed by atoms with E-state index in [4.69, 9.17) is 0 Å². The first-order valence-corrected chi connectivity index (χ1v) is 12.2. The van der Waals surface area contributed by atoms with Crippen molar-refractivity contribution in [2.75, 3.05) is 28.2 Å². The Morgan fingerprint density at radius 3 is 2.03 bits per heavy atom. The van der Waals surface area contributed by atoms with Crippen molar-refractivity contribution in [3.8, 4) is 0 Å². The first-order chi connectivity index (χ1) is 16.8. The number of nitrogens with zero attached hydrogens (tertiary/aromatic N) is 2. The predicted octanol–water partition coefficient (Wildman–Crippen LogP) is 5.92. The fourth-order valence-electron chi connectivity index (χ4n) is 4.96. The van der Waals surface area contributed by atoms with Crippen LogP contribution in [0.15, 0.2) is 66.4 Å². The zero-order valence-corrected chi connectivity index (χ0v) is 20.8. The number of anilines is 3. The number of nitrogens with one attached hydrogen (secondary N) is 1. The Labute approximate surface area is 207 Å². The van der Waals surface area contributed by atoms with Gasteiger partial charge in [-0.2, -0.15) is 0 Å². The second-order valence-corrected chi connectivity index (χ2v) is 9.65. The van der Waals surface area contributed by atoms with Gasteiger partial charge in [0.2, 0.25) is 0 Å². The molecule has 0 aromatic heterocycles. The molecule has 0 atom stereocenters. The monoisotopic (exact) mass is 465 g/mol. The second-order valence-electron chi connectivity index (χ2n) is 9.65. The molecule has 1 N–H and O–H groups in total. The van der Waals surface area contributed by atoms with Gasteiger partial charge in [0.05, 0.1) is 11.3 Å². The molecular formula is C30H31N3O2. The zero-order chi connectivity index (χ0) is 24.7. The fraction of sp³-hybridized carbons (Fsp3) is 0.267. The summed E-state index contributed by atoms with van der Waals surface area (Å²) in [6.07, 6.45) is 2.44. The molecule has 2 heterocycles. The van der Waals surface area contributed by atoms with Gasteiger partial charge in [0.25, 0.3) is 11.8 Å². The molecule has 1 saturated heterocycles. The van der Waals surface area contributed by atoms with Gasteiger partial charge < -0.3 is 10.2 Å². The van der Waals surface area contributed by atoms with Crippen LogP contribution >= 0.6 is 0 Å². The number of carbonyl (C=O) groups excluding carboxylic acids is 2. The average Bonchev–Trinajstić information content (AvgIpc) is 3.45. The summed E-state index contributed by atoms with van der Waals surface area (Å²) in [7, 11) is 0. The molecule has 35 heavy (non-hydrogen) atoms. The van der Waals surface area contributed by atoms with E-state index in [1.165, 1.54) is 23.4 Å². The highest BCUT2D eigenvalue weighted by molar-refractivity contribution is 6.46. The molecule has 1 fully saturated rings. The third-order valence-electron chi connectivity index (χ3n) is 7.09. The van der Waals surface area contributed by atoms with Gasteiger partial charge in [-0.25, -0.2) is 4.90 Å². The third kappa shape index (κ3) is 4.23. The predicted molar refractivity (Wildman–Crippen MR) is 143 cm³/mol. The van der Waals surface area contributed by atoms with Crippen molar-refractivity contribution in [2.24, 2.45) is 0 Å². The van der Waals surface area contributed by atoms with Gasteiger partial charge in [-0.05, 0) is 99.2 Å². The SMILES string of the molecule is Cc1ccc(C2=C(Nc3ccc(N4CCCC4)cc3)C(=O)N(c3ccc(C)c(C)c3)C2=O)c(C)c1. The molecule has 2 aliphatic rings. The molecule has 3 aromatic rings. The van der Waals surface area contributed by atoms with Gasteiger partial charge in [0, 0.05) is 24.5 Å². The average molecular weight is 466 g/mol. The second kappa shape index (κ2) is 9.06. The van der Waals surface area contributed by atoms with Gasteiger partial charge in [-0.1, -0.05) is 29.8 Å². The summed E-state index contributed by atoms with van der Waals surface area (Å²) in [5.74, 6) is -0.641. The van der Waals surface area contributed by atoms with E-state index in [0.29, 0.717) is 17.0 Å². The minimum Gasteiger partial charge on any atom is -0.372 e. The van der Waals surface area contributed by atoms with Gasteiger partial charge >= 0.3 is 0 Å². The standard InChI is InChI=1S/C30H31N3O2/c1-19-7-14-26(22(4)17-19)27-28(31-23-9-12-24(13-10-23)32-15-5-6-16-32)30(35)33(29(27)34)25-11-8-20(2)21(3)18-25/h7-14,17-18,31H,5-6,15-16H2,1-4H3. The van der Waals surface area contributed by atoms with Gasteiger partial charge in [-0.15, -0.1) is 0 Å². The number of rotatable bonds is 5. The van der Waals surface area contributed by atoms with Gasteiger partial charge in [0.1, 0.15) is 5.70 Å². The number of hydrogen-bond donors (Lipinski definition) is 1. The molecule has 5 heteroatoms. The summed E-state index contributed by atoms with van der Waals surface area (Å²) in [4.78, 5) is 31.2. The molecule has 0 bridgehead atoms. The highest BCUT2D eigenvalue weighted by atomic mass is 16.2. The highest BCUT2D eigenvalue weighted by Crippen LogP contribution is 2.36. The minimum absolute atomic E-state index is 0.304. The Balaban J connectivity index is 1.55. The minimum atomic E-state index is -0.336. The lowest BCUT2D eigenvalue weighted by Gasteiger charge is -2.18. The lowest BCUT2D eigenvalue weighted by Crippen LogP contribution is -2.32. The number of benzene rings is 3. The van der Waals surface area contributed by atoms with E-state index in [-0.39, 0.29) is 11.8 Å². The summed E-state index contributed by atoms with van der Waals surface area (Å²) in [5.41, 5.74) is 8.29. The molecule has 5 nitrogen and oxygen atoms in total. The largest absolute Gasteiger partial charge is 0.372 e. The summed E-state index contributed by atoms with van der Waals surface area (Å²) < 4.78 is 0.